The Bertz CT molecular complexity index is 689. The van der Waals surface area contributed by atoms with Crippen LogP contribution < -0.4 is 15.4 Å². The van der Waals surface area contributed by atoms with E-state index in [0.29, 0.717) is 17.4 Å². The zero-order valence-corrected chi connectivity index (χ0v) is 12.8. The standard InChI is InChI=1S/C15H15N3O3S/c1-9(19)17-15-18-12(8-22-15)14(20)16-7-11-6-10-4-2-3-5-13(10)21-11/h2-5,8,11H,6-7H2,1H3,(H,16,20)(H,17,18,19)/t11-/m0/s1. The van der Waals surface area contributed by atoms with Crippen LogP contribution in [0, 0.1) is 0 Å². The maximum atomic E-state index is 12.0. The molecule has 0 bridgehead atoms. The van der Waals surface area contributed by atoms with Gasteiger partial charge in [0.05, 0.1) is 6.54 Å². The summed E-state index contributed by atoms with van der Waals surface area (Å²) in [5.74, 6) is 0.397. The molecule has 1 aromatic heterocycles. The van der Waals surface area contributed by atoms with Gasteiger partial charge in [-0.05, 0) is 11.6 Å². The molecule has 3 rings (SSSR count). The molecule has 0 spiro atoms. The van der Waals surface area contributed by atoms with Crippen molar-refractivity contribution >= 4 is 28.3 Å². The summed E-state index contributed by atoms with van der Waals surface area (Å²) in [6.45, 7) is 1.82. The van der Waals surface area contributed by atoms with Crippen molar-refractivity contribution in [2.45, 2.75) is 19.4 Å². The van der Waals surface area contributed by atoms with Gasteiger partial charge in [-0.25, -0.2) is 4.98 Å². The molecule has 1 aromatic carbocycles. The van der Waals surface area contributed by atoms with Crippen molar-refractivity contribution < 1.29 is 14.3 Å². The lowest BCUT2D eigenvalue weighted by molar-refractivity contribution is -0.114. The number of rotatable bonds is 4. The predicted molar refractivity (Wildman–Crippen MR) is 83.3 cm³/mol. The van der Waals surface area contributed by atoms with Crippen LogP contribution in [0.25, 0.3) is 0 Å². The van der Waals surface area contributed by atoms with E-state index >= 15 is 0 Å². The van der Waals surface area contributed by atoms with Gasteiger partial charge in [0.2, 0.25) is 5.91 Å². The number of ether oxygens (including phenoxy) is 1. The minimum atomic E-state index is -0.271. The number of carbonyl (C=O) groups is 2. The molecule has 2 amide bonds. The summed E-state index contributed by atoms with van der Waals surface area (Å²) in [6, 6.07) is 7.86. The molecular formula is C15H15N3O3S. The summed E-state index contributed by atoms with van der Waals surface area (Å²) in [7, 11) is 0. The monoisotopic (exact) mass is 317 g/mol. The van der Waals surface area contributed by atoms with Gasteiger partial charge in [0, 0.05) is 18.7 Å². The van der Waals surface area contributed by atoms with Crippen molar-refractivity contribution in [2.75, 3.05) is 11.9 Å². The number of aromatic nitrogens is 1. The van der Waals surface area contributed by atoms with E-state index < -0.39 is 0 Å². The molecule has 2 N–H and O–H groups in total. The molecule has 0 saturated carbocycles. The average molecular weight is 317 g/mol. The van der Waals surface area contributed by atoms with Crippen molar-refractivity contribution in [3.63, 3.8) is 0 Å². The molecule has 2 aromatic rings. The lowest BCUT2D eigenvalue weighted by Crippen LogP contribution is -2.34. The second-order valence-corrected chi connectivity index (χ2v) is 5.84. The topological polar surface area (TPSA) is 80.3 Å². The molecule has 1 aliphatic heterocycles. The normalized spacial score (nSPS) is 15.8. The fraction of sp³-hybridized carbons (Fsp3) is 0.267. The summed E-state index contributed by atoms with van der Waals surface area (Å²) in [5, 5.41) is 7.40. The van der Waals surface area contributed by atoms with Gasteiger partial charge in [-0.15, -0.1) is 11.3 Å². The van der Waals surface area contributed by atoms with E-state index in [2.05, 4.69) is 15.6 Å². The lowest BCUT2D eigenvalue weighted by Gasteiger charge is -2.11. The molecule has 6 nitrogen and oxygen atoms in total. The number of anilines is 1. The van der Waals surface area contributed by atoms with Crippen LogP contribution in [-0.2, 0) is 11.2 Å². The molecule has 2 heterocycles. The van der Waals surface area contributed by atoms with Gasteiger partial charge >= 0.3 is 0 Å². The summed E-state index contributed by atoms with van der Waals surface area (Å²) in [5.41, 5.74) is 1.45. The summed E-state index contributed by atoms with van der Waals surface area (Å²) in [4.78, 5) is 27.0. The van der Waals surface area contributed by atoms with Gasteiger partial charge in [-0.2, -0.15) is 0 Å². The number of amides is 2. The highest BCUT2D eigenvalue weighted by Gasteiger charge is 2.23. The van der Waals surface area contributed by atoms with Crippen LogP contribution in [0.15, 0.2) is 29.6 Å². The third kappa shape index (κ3) is 3.25. The number of hydrogen-bond acceptors (Lipinski definition) is 5. The van der Waals surface area contributed by atoms with Gasteiger partial charge in [0.15, 0.2) is 5.13 Å². The Morgan fingerprint density at radius 2 is 2.23 bits per heavy atom. The molecule has 22 heavy (non-hydrogen) atoms. The number of carbonyl (C=O) groups excluding carboxylic acids is 2. The maximum absolute atomic E-state index is 12.0. The van der Waals surface area contributed by atoms with Crippen molar-refractivity contribution in [3.8, 4) is 5.75 Å². The molecule has 7 heteroatoms. The van der Waals surface area contributed by atoms with Crippen molar-refractivity contribution in [2.24, 2.45) is 0 Å². The zero-order valence-electron chi connectivity index (χ0n) is 12.0. The number of hydrogen-bond donors (Lipinski definition) is 2. The highest BCUT2D eigenvalue weighted by atomic mass is 32.1. The maximum Gasteiger partial charge on any atom is 0.270 e. The second kappa shape index (κ2) is 6.15. The first-order valence-corrected chi connectivity index (χ1v) is 7.75. The number of fused-ring (bicyclic) bond motifs is 1. The van der Waals surface area contributed by atoms with E-state index in [9.17, 15) is 9.59 Å². The lowest BCUT2D eigenvalue weighted by atomic mass is 10.1. The van der Waals surface area contributed by atoms with Gasteiger partial charge < -0.3 is 15.4 Å². The van der Waals surface area contributed by atoms with Crippen molar-refractivity contribution in [1.82, 2.24) is 10.3 Å². The highest BCUT2D eigenvalue weighted by Crippen LogP contribution is 2.27. The Hall–Kier alpha value is -2.41. The van der Waals surface area contributed by atoms with Gasteiger partial charge in [0.25, 0.3) is 5.91 Å². The molecule has 0 aliphatic carbocycles. The van der Waals surface area contributed by atoms with E-state index in [0.717, 1.165) is 17.7 Å². The Kier molecular flexibility index (Phi) is 4.06. The second-order valence-electron chi connectivity index (χ2n) is 4.98. The molecule has 114 valence electrons. The fourth-order valence-corrected chi connectivity index (χ4v) is 2.99. The highest BCUT2D eigenvalue weighted by molar-refractivity contribution is 7.14. The number of para-hydroxylation sites is 1. The first-order chi connectivity index (χ1) is 10.6. The molecule has 0 saturated heterocycles. The molecule has 0 unspecified atom stereocenters. The van der Waals surface area contributed by atoms with Crippen LogP contribution in [0.1, 0.15) is 23.0 Å². The van der Waals surface area contributed by atoms with Crippen LogP contribution in [0.4, 0.5) is 5.13 Å². The Labute approximate surface area is 131 Å². The SMILES string of the molecule is CC(=O)Nc1nc(C(=O)NC[C@@H]2Cc3ccccc3O2)cs1. The summed E-state index contributed by atoms with van der Waals surface area (Å²) in [6.07, 6.45) is 0.722. The number of thiazole rings is 1. The number of benzene rings is 1. The number of nitrogens with one attached hydrogen (secondary N) is 2. The Morgan fingerprint density at radius 3 is 3.00 bits per heavy atom. The first-order valence-electron chi connectivity index (χ1n) is 6.87. The average Bonchev–Trinajstić information content (AvgIpc) is 3.10. The molecule has 0 fully saturated rings. The van der Waals surface area contributed by atoms with Crippen LogP contribution in [0.3, 0.4) is 0 Å². The van der Waals surface area contributed by atoms with E-state index in [1.165, 1.54) is 18.3 Å². The van der Waals surface area contributed by atoms with E-state index in [4.69, 9.17) is 4.74 Å². The molecule has 1 atom stereocenters. The van der Waals surface area contributed by atoms with E-state index in [-0.39, 0.29) is 17.9 Å². The van der Waals surface area contributed by atoms with Crippen LogP contribution in [-0.4, -0.2) is 29.4 Å². The van der Waals surface area contributed by atoms with E-state index in [1.807, 2.05) is 24.3 Å². The minimum absolute atomic E-state index is 0.0604. The van der Waals surface area contributed by atoms with Gasteiger partial charge in [-0.1, -0.05) is 18.2 Å². The third-order valence-electron chi connectivity index (χ3n) is 3.22. The molecule has 1 aliphatic rings. The van der Waals surface area contributed by atoms with Gasteiger partial charge in [-0.3, -0.25) is 9.59 Å². The Balaban J connectivity index is 1.53. The van der Waals surface area contributed by atoms with Crippen LogP contribution in [0.5, 0.6) is 5.75 Å². The summed E-state index contributed by atoms with van der Waals surface area (Å²) < 4.78 is 5.76. The predicted octanol–water partition coefficient (Wildman–Crippen LogP) is 1.83. The molecule has 0 radical (unpaired) electrons. The largest absolute Gasteiger partial charge is 0.488 e. The van der Waals surface area contributed by atoms with E-state index in [1.54, 1.807) is 5.38 Å². The fourth-order valence-electron chi connectivity index (χ4n) is 2.25. The minimum Gasteiger partial charge on any atom is -0.488 e. The quantitative estimate of drug-likeness (QED) is 0.901. The zero-order chi connectivity index (χ0) is 15.5. The van der Waals surface area contributed by atoms with Crippen LogP contribution >= 0.6 is 11.3 Å². The van der Waals surface area contributed by atoms with Crippen molar-refractivity contribution in [3.05, 3.63) is 40.9 Å². The number of nitrogens with zero attached hydrogens (tertiary/aromatic N) is 1. The Morgan fingerprint density at radius 1 is 1.41 bits per heavy atom. The van der Waals surface area contributed by atoms with Gasteiger partial charge in [0.1, 0.15) is 17.5 Å². The summed E-state index contributed by atoms with van der Waals surface area (Å²) >= 11 is 1.22. The first kappa shape index (κ1) is 14.5. The van der Waals surface area contributed by atoms with Crippen molar-refractivity contribution in [1.29, 1.82) is 0 Å². The smallest absolute Gasteiger partial charge is 0.270 e. The molecular weight excluding hydrogens is 302 g/mol. The van der Waals surface area contributed by atoms with Crippen LogP contribution in [0.2, 0.25) is 0 Å². The third-order valence-corrected chi connectivity index (χ3v) is 3.98.